The van der Waals surface area contributed by atoms with Crippen LogP contribution in [0.15, 0.2) is 27.4 Å². The molecule has 2 aromatic rings. The zero-order chi connectivity index (χ0) is 14.8. The smallest absolute Gasteiger partial charge is 0.408 e. The van der Waals surface area contributed by atoms with Gasteiger partial charge in [0.25, 0.3) is 0 Å². The summed E-state index contributed by atoms with van der Waals surface area (Å²) in [7, 11) is 1.61. The van der Waals surface area contributed by atoms with Crippen LogP contribution in [0.2, 0.25) is 0 Å². The lowest BCUT2D eigenvalue weighted by Gasteiger charge is -2.17. The van der Waals surface area contributed by atoms with Gasteiger partial charge in [0.15, 0.2) is 5.58 Å². The molecule has 1 aromatic carbocycles. The van der Waals surface area contributed by atoms with Crippen LogP contribution in [-0.2, 0) is 4.74 Å². The first kappa shape index (κ1) is 14.6. The third-order valence-corrected chi connectivity index (χ3v) is 2.75. The number of oxazole rings is 1. The Morgan fingerprint density at radius 3 is 2.85 bits per heavy atom. The maximum Gasteiger partial charge on any atom is 0.417 e. The molecule has 0 spiro atoms. The zero-order valence-corrected chi connectivity index (χ0v) is 10.6. The molecule has 1 unspecified atom stereocenters. The van der Waals surface area contributed by atoms with E-state index in [1.54, 1.807) is 25.2 Å². The van der Waals surface area contributed by atoms with Crippen LogP contribution in [0, 0.1) is 0 Å². The lowest BCUT2D eigenvalue weighted by Crippen LogP contribution is -2.25. The van der Waals surface area contributed by atoms with Crippen molar-refractivity contribution < 1.29 is 22.3 Å². The molecule has 0 fully saturated rings. The molecule has 0 saturated carbocycles. The Balaban J connectivity index is 2.10. The van der Waals surface area contributed by atoms with Crippen molar-refractivity contribution in [2.24, 2.45) is 0 Å². The van der Waals surface area contributed by atoms with Gasteiger partial charge in [0.2, 0.25) is 0 Å². The van der Waals surface area contributed by atoms with Crippen LogP contribution >= 0.6 is 0 Å². The highest BCUT2D eigenvalue weighted by Gasteiger charge is 2.28. The minimum Gasteiger partial charge on any atom is -0.408 e. The molecule has 0 aliphatic rings. The predicted octanol–water partition coefficient (Wildman–Crippen LogP) is 1.96. The summed E-state index contributed by atoms with van der Waals surface area (Å²) in [6, 6.07) is 4.47. The summed E-state index contributed by atoms with van der Waals surface area (Å²) in [4.78, 5) is 13.5. The van der Waals surface area contributed by atoms with E-state index < -0.39 is 24.6 Å². The maximum absolute atomic E-state index is 12.0. The van der Waals surface area contributed by atoms with Crippen LogP contribution in [0.3, 0.4) is 0 Å². The van der Waals surface area contributed by atoms with E-state index in [2.05, 4.69) is 15.0 Å². The SMILES string of the molecule is CNC(COCC(F)(F)F)c1ccc2[nH]c(=O)oc2c1. The third kappa shape index (κ3) is 3.61. The number of ether oxygens (including phenoxy) is 1. The van der Waals surface area contributed by atoms with Crippen LogP contribution in [-0.4, -0.2) is 31.4 Å². The highest BCUT2D eigenvalue weighted by atomic mass is 19.4. The number of benzene rings is 1. The van der Waals surface area contributed by atoms with Gasteiger partial charge in [-0.1, -0.05) is 6.07 Å². The summed E-state index contributed by atoms with van der Waals surface area (Å²) >= 11 is 0. The van der Waals surface area contributed by atoms with Crippen molar-refractivity contribution in [2.45, 2.75) is 12.2 Å². The second-order valence-electron chi connectivity index (χ2n) is 4.24. The van der Waals surface area contributed by atoms with Gasteiger partial charge in [0.05, 0.1) is 18.2 Å². The number of aromatic amines is 1. The Kier molecular flexibility index (Phi) is 4.15. The molecule has 0 aliphatic carbocycles. The molecule has 0 amide bonds. The van der Waals surface area contributed by atoms with Gasteiger partial charge in [-0.2, -0.15) is 13.2 Å². The van der Waals surface area contributed by atoms with Crippen LogP contribution < -0.4 is 11.1 Å². The number of aromatic nitrogens is 1. The number of H-pyrrole nitrogens is 1. The van der Waals surface area contributed by atoms with Crippen LogP contribution in [0.5, 0.6) is 0 Å². The molecular weight excluding hydrogens is 277 g/mol. The van der Waals surface area contributed by atoms with Gasteiger partial charge in [-0.05, 0) is 24.7 Å². The van der Waals surface area contributed by atoms with Crippen LogP contribution in [0.1, 0.15) is 11.6 Å². The van der Waals surface area contributed by atoms with E-state index >= 15 is 0 Å². The molecule has 8 heteroatoms. The first-order valence-electron chi connectivity index (χ1n) is 5.83. The number of rotatable bonds is 5. The minimum absolute atomic E-state index is 0.143. The molecule has 5 nitrogen and oxygen atoms in total. The molecule has 20 heavy (non-hydrogen) atoms. The molecule has 110 valence electrons. The first-order valence-corrected chi connectivity index (χ1v) is 5.83. The van der Waals surface area contributed by atoms with Gasteiger partial charge in [0, 0.05) is 0 Å². The van der Waals surface area contributed by atoms with Crippen LogP contribution in [0.4, 0.5) is 13.2 Å². The van der Waals surface area contributed by atoms with Gasteiger partial charge < -0.3 is 14.5 Å². The van der Waals surface area contributed by atoms with Gasteiger partial charge in [-0.3, -0.25) is 4.98 Å². The van der Waals surface area contributed by atoms with Gasteiger partial charge >= 0.3 is 11.9 Å². The van der Waals surface area contributed by atoms with Crippen molar-refractivity contribution in [1.82, 2.24) is 10.3 Å². The monoisotopic (exact) mass is 290 g/mol. The van der Waals surface area contributed by atoms with E-state index in [-0.39, 0.29) is 6.61 Å². The predicted molar refractivity (Wildman–Crippen MR) is 65.5 cm³/mol. The fraction of sp³-hybridized carbons (Fsp3) is 0.417. The Morgan fingerprint density at radius 2 is 2.20 bits per heavy atom. The molecule has 0 radical (unpaired) electrons. The molecule has 1 aromatic heterocycles. The number of likely N-dealkylation sites (N-methyl/N-ethyl adjacent to an activating group) is 1. The number of hydrogen-bond acceptors (Lipinski definition) is 4. The van der Waals surface area contributed by atoms with Gasteiger partial charge in [0.1, 0.15) is 6.61 Å². The first-order chi connectivity index (χ1) is 9.39. The molecule has 0 saturated heterocycles. The van der Waals surface area contributed by atoms with E-state index in [1.807, 2.05) is 0 Å². The maximum atomic E-state index is 12.0. The number of nitrogens with one attached hydrogen (secondary N) is 2. The molecule has 0 bridgehead atoms. The van der Waals surface area contributed by atoms with E-state index in [9.17, 15) is 18.0 Å². The van der Waals surface area contributed by atoms with Crippen molar-refractivity contribution in [3.8, 4) is 0 Å². The van der Waals surface area contributed by atoms with Crippen LogP contribution in [0.25, 0.3) is 11.1 Å². The minimum atomic E-state index is -4.35. The molecule has 2 rings (SSSR count). The van der Waals surface area contributed by atoms with E-state index in [4.69, 9.17) is 4.42 Å². The Morgan fingerprint density at radius 1 is 1.45 bits per heavy atom. The summed E-state index contributed by atoms with van der Waals surface area (Å²) in [5, 5.41) is 2.85. The summed E-state index contributed by atoms with van der Waals surface area (Å²) in [6.07, 6.45) is -4.35. The van der Waals surface area contributed by atoms with Gasteiger partial charge in [-0.15, -0.1) is 0 Å². The zero-order valence-electron chi connectivity index (χ0n) is 10.6. The lowest BCUT2D eigenvalue weighted by molar-refractivity contribution is -0.175. The molecule has 1 heterocycles. The molecule has 1 atom stereocenters. The topological polar surface area (TPSA) is 67.3 Å². The van der Waals surface area contributed by atoms with Crippen molar-refractivity contribution in [1.29, 1.82) is 0 Å². The van der Waals surface area contributed by atoms with Gasteiger partial charge in [-0.25, -0.2) is 4.79 Å². The number of halogens is 3. The van der Waals surface area contributed by atoms with Crippen molar-refractivity contribution in [3.05, 3.63) is 34.3 Å². The molecule has 2 N–H and O–H groups in total. The third-order valence-electron chi connectivity index (χ3n) is 2.75. The number of hydrogen-bond donors (Lipinski definition) is 2. The quantitative estimate of drug-likeness (QED) is 0.883. The average Bonchev–Trinajstić information content (AvgIpc) is 2.72. The fourth-order valence-corrected chi connectivity index (χ4v) is 1.82. The Bertz CT molecular complexity index is 633. The number of alkyl halides is 3. The van der Waals surface area contributed by atoms with E-state index in [0.29, 0.717) is 16.7 Å². The van der Waals surface area contributed by atoms with Crippen molar-refractivity contribution in [3.63, 3.8) is 0 Å². The summed E-state index contributed by atoms with van der Waals surface area (Å²) in [6.45, 7) is -1.44. The number of fused-ring (bicyclic) bond motifs is 1. The second-order valence-corrected chi connectivity index (χ2v) is 4.24. The standard InChI is InChI=1S/C12H13F3N2O3/c1-16-9(5-19-6-12(13,14)15)7-2-3-8-10(4-7)20-11(18)17-8/h2-4,9,16H,5-6H2,1H3,(H,17,18). The summed E-state index contributed by atoms with van der Waals surface area (Å²) in [5.74, 6) is -0.577. The fourth-order valence-electron chi connectivity index (χ4n) is 1.82. The second kappa shape index (κ2) is 5.68. The largest absolute Gasteiger partial charge is 0.417 e. The molecule has 0 aliphatic heterocycles. The Labute approximate surface area is 111 Å². The lowest BCUT2D eigenvalue weighted by atomic mass is 10.1. The normalized spacial score (nSPS) is 13.8. The van der Waals surface area contributed by atoms with Crippen molar-refractivity contribution >= 4 is 11.1 Å². The van der Waals surface area contributed by atoms with E-state index in [0.717, 1.165) is 0 Å². The van der Waals surface area contributed by atoms with E-state index in [1.165, 1.54) is 0 Å². The summed E-state index contributed by atoms with van der Waals surface area (Å²) < 4.78 is 45.6. The average molecular weight is 290 g/mol. The van der Waals surface area contributed by atoms with Crippen molar-refractivity contribution in [2.75, 3.05) is 20.3 Å². The highest BCUT2D eigenvalue weighted by molar-refractivity contribution is 5.72. The Hall–Kier alpha value is -1.80. The molecular formula is C12H13F3N2O3. The summed E-state index contributed by atoms with van der Waals surface area (Å²) in [5.41, 5.74) is 1.55. The highest BCUT2D eigenvalue weighted by Crippen LogP contribution is 2.20.